The lowest BCUT2D eigenvalue weighted by atomic mass is 9.84. The Hall–Kier alpha value is -2.15. The summed E-state index contributed by atoms with van der Waals surface area (Å²) in [6.07, 6.45) is -27.1. The van der Waals surface area contributed by atoms with Gasteiger partial charge >= 0.3 is 30.1 Å². The van der Waals surface area contributed by atoms with E-state index in [1.807, 2.05) is 0 Å². The van der Waals surface area contributed by atoms with Crippen LogP contribution in [0.25, 0.3) is 0 Å². The molecule has 0 saturated carbocycles. The van der Waals surface area contributed by atoms with Gasteiger partial charge in [-0.3, -0.25) is 4.79 Å². The van der Waals surface area contributed by atoms with E-state index in [9.17, 15) is 57.5 Å². The number of rotatable bonds is 2. The number of carbonyl (C=O) groups excluding carboxylic acids is 1. The number of hydrogen-bond donors (Lipinski definition) is 1. The summed E-state index contributed by atoms with van der Waals surface area (Å²) in [4.78, 5) is 11.4. The Balaban J connectivity index is 3.61. The minimum atomic E-state index is -7.24. The van der Waals surface area contributed by atoms with Crippen LogP contribution in [0.2, 0.25) is 0 Å². The maximum atomic E-state index is 12.7. The van der Waals surface area contributed by atoms with E-state index in [0.717, 1.165) is 0 Å². The molecule has 0 bridgehead atoms. The zero-order chi connectivity index (χ0) is 20.8. The standard InChI is InChI=1S/C12H5F12NO/c13-9(14,15)5-3-1-2-4-6(5)25-7(26)8(10(16,17)18,11(19,20)21)12(22,23)24/h1-4H,(H,25,26). The number of carbonyl (C=O) groups is 1. The monoisotopic (exact) mass is 407 g/mol. The Morgan fingerprint density at radius 3 is 1.42 bits per heavy atom. The van der Waals surface area contributed by atoms with Crippen LogP contribution in [0, 0.1) is 5.41 Å². The smallest absolute Gasteiger partial charge is 0.324 e. The fourth-order valence-electron chi connectivity index (χ4n) is 1.92. The van der Waals surface area contributed by atoms with Crippen LogP contribution < -0.4 is 5.32 Å². The molecule has 14 heteroatoms. The molecule has 1 amide bonds. The molecule has 0 heterocycles. The van der Waals surface area contributed by atoms with Gasteiger partial charge in [0.05, 0.1) is 11.3 Å². The van der Waals surface area contributed by atoms with Crippen molar-refractivity contribution in [2.45, 2.75) is 24.7 Å². The van der Waals surface area contributed by atoms with Gasteiger partial charge in [-0.1, -0.05) is 12.1 Å². The fraction of sp³-hybridized carbons (Fsp3) is 0.417. The third-order valence-electron chi connectivity index (χ3n) is 3.10. The predicted octanol–water partition coefficient (Wildman–Crippen LogP) is 5.32. The molecule has 0 aliphatic rings. The number of para-hydroxylation sites is 1. The molecule has 0 fully saturated rings. The molecule has 148 valence electrons. The minimum absolute atomic E-state index is 0.145. The van der Waals surface area contributed by atoms with E-state index in [1.54, 1.807) is 0 Å². The van der Waals surface area contributed by atoms with Gasteiger partial charge in [0.25, 0.3) is 5.91 Å². The van der Waals surface area contributed by atoms with Crippen LogP contribution >= 0.6 is 0 Å². The molecule has 1 aromatic carbocycles. The number of amides is 1. The summed E-state index contributed by atoms with van der Waals surface area (Å²) in [5.74, 6) is -3.76. The van der Waals surface area contributed by atoms with Crippen molar-refractivity contribution in [3.05, 3.63) is 29.8 Å². The van der Waals surface area contributed by atoms with Crippen molar-refractivity contribution in [1.29, 1.82) is 0 Å². The van der Waals surface area contributed by atoms with Crippen molar-refractivity contribution in [3.63, 3.8) is 0 Å². The highest BCUT2D eigenvalue weighted by atomic mass is 19.4. The maximum Gasteiger partial charge on any atom is 0.421 e. The summed E-state index contributed by atoms with van der Waals surface area (Å²) in [6.45, 7) is 0. The van der Waals surface area contributed by atoms with Gasteiger partial charge in [-0.15, -0.1) is 0 Å². The summed E-state index contributed by atoms with van der Waals surface area (Å²) in [5.41, 5.74) is -10.6. The molecule has 0 spiro atoms. The second-order valence-electron chi connectivity index (χ2n) is 4.74. The topological polar surface area (TPSA) is 29.1 Å². The number of halogens is 12. The molecular formula is C12H5F12NO. The summed E-state index contributed by atoms with van der Waals surface area (Å²) >= 11 is 0. The molecule has 0 aliphatic heterocycles. The lowest BCUT2D eigenvalue weighted by Gasteiger charge is -2.37. The van der Waals surface area contributed by atoms with E-state index in [1.165, 1.54) is 0 Å². The van der Waals surface area contributed by atoms with Crippen molar-refractivity contribution < 1.29 is 57.5 Å². The van der Waals surface area contributed by atoms with E-state index in [2.05, 4.69) is 0 Å². The van der Waals surface area contributed by atoms with Gasteiger partial charge in [0.2, 0.25) is 0 Å². The van der Waals surface area contributed by atoms with Gasteiger partial charge in [0.1, 0.15) is 0 Å². The van der Waals surface area contributed by atoms with Crippen molar-refractivity contribution in [1.82, 2.24) is 0 Å². The lowest BCUT2D eigenvalue weighted by Crippen LogP contribution is -2.65. The van der Waals surface area contributed by atoms with Crippen LogP contribution in [0.15, 0.2) is 24.3 Å². The quantitative estimate of drug-likeness (QED) is 0.661. The maximum absolute atomic E-state index is 12.7. The zero-order valence-electron chi connectivity index (χ0n) is 11.8. The zero-order valence-corrected chi connectivity index (χ0v) is 11.8. The number of anilines is 1. The average molecular weight is 407 g/mol. The summed E-state index contributed by atoms with van der Waals surface area (Å²) < 4.78 is 153. The molecular weight excluding hydrogens is 402 g/mol. The molecule has 1 aromatic rings. The van der Waals surface area contributed by atoms with Crippen LogP contribution in [0.5, 0.6) is 0 Å². The van der Waals surface area contributed by atoms with Crippen LogP contribution in [0.4, 0.5) is 58.4 Å². The molecule has 0 unspecified atom stereocenters. The molecule has 0 aromatic heterocycles. The highest BCUT2D eigenvalue weighted by Gasteiger charge is 2.88. The van der Waals surface area contributed by atoms with E-state index in [-0.39, 0.29) is 12.1 Å². The molecule has 0 atom stereocenters. The molecule has 2 nitrogen and oxygen atoms in total. The van der Waals surface area contributed by atoms with Crippen molar-refractivity contribution in [2.24, 2.45) is 5.41 Å². The molecule has 0 saturated heterocycles. The van der Waals surface area contributed by atoms with Crippen LogP contribution in [0.1, 0.15) is 5.56 Å². The Kier molecular flexibility index (Phi) is 5.24. The predicted molar refractivity (Wildman–Crippen MR) is 60.7 cm³/mol. The van der Waals surface area contributed by atoms with E-state index >= 15 is 0 Å². The molecule has 0 aliphatic carbocycles. The normalized spacial score (nSPS) is 14.3. The van der Waals surface area contributed by atoms with Gasteiger partial charge in [-0.25, -0.2) is 0 Å². The van der Waals surface area contributed by atoms with Gasteiger partial charge in [0.15, 0.2) is 0 Å². The Morgan fingerprint density at radius 1 is 0.692 bits per heavy atom. The first-order chi connectivity index (χ1) is 11.4. The largest absolute Gasteiger partial charge is 0.421 e. The van der Waals surface area contributed by atoms with E-state index in [0.29, 0.717) is 17.4 Å². The Bertz CT molecular complexity index is 630. The number of alkyl halides is 12. The first kappa shape index (κ1) is 21.9. The van der Waals surface area contributed by atoms with Crippen LogP contribution in [-0.4, -0.2) is 24.4 Å². The molecule has 1 N–H and O–H groups in total. The van der Waals surface area contributed by atoms with Gasteiger partial charge in [-0.2, -0.15) is 52.7 Å². The molecule has 26 heavy (non-hydrogen) atoms. The Morgan fingerprint density at radius 2 is 1.08 bits per heavy atom. The van der Waals surface area contributed by atoms with Gasteiger partial charge in [0, 0.05) is 0 Å². The van der Waals surface area contributed by atoms with E-state index < -0.39 is 47.3 Å². The SMILES string of the molecule is O=C(Nc1ccccc1C(F)(F)F)C(C(F)(F)F)(C(F)(F)F)C(F)(F)F. The van der Waals surface area contributed by atoms with Crippen LogP contribution in [-0.2, 0) is 11.0 Å². The minimum Gasteiger partial charge on any atom is -0.324 e. The molecule has 1 rings (SSSR count). The number of benzene rings is 1. The van der Waals surface area contributed by atoms with Crippen molar-refractivity contribution in [3.8, 4) is 0 Å². The van der Waals surface area contributed by atoms with Crippen LogP contribution in [0.3, 0.4) is 0 Å². The fourth-order valence-corrected chi connectivity index (χ4v) is 1.92. The number of hydrogen-bond acceptors (Lipinski definition) is 1. The summed E-state index contributed by atoms with van der Waals surface area (Å²) in [6, 6.07) is 1.66. The highest BCUT2D eigenvalue weighted by molar-refractivity contribution is 5.98. The van der Waals surface area contributed by atoms with Gasteiger partial charge in [-0.05, 0) is 12.1 Å². The average Bonchev–Trinajstić information content (AvgIpc) is 2.32. The molecule has 0 radical (unpaired) electrons. The number of nitrogens with one attached hydrogen (secondary N) is 1. The third-order valence-corrected chi connectivity index (χ3v) is 3.10. The summed E-state index contributed by atoms with van der Waals surface area (Å²) in [5, 5.41) is 0.459. The lowest BCUT2D eigenvalue weighted by molar-refractivity contribution is -0.405. The first-order valence-corrected chi connectivity index (χ1v) is 6.05. The van der Waals surface area contributed by atoms with Crippen molar-refractivity contribution >= 4 is 11.6 Å². The Labute approximate surface area is 135 Å². The van der Waals surface area contributed by atoms with E-state index in [4.69, 9.17) is 0 Å². The first-order valence-electron chi connectivity index (χ1n) is 6.05. The second kappa shape index (κ2) is 6.23. The third kappa shape index (κ3) is 3.53. The summed E-state index contributed by atoms with van der Waals surface area (Å²) in [7, 11) is 0. The van der Waals surface area contributed by atoms with Gasteiger partial charge < -0.3 is 5.32 Å². The van der Waals surface area contributed by atoms with Crippen molar-refractivity contribution in [2.75, 3.05) is 5.32 Å². The second-order valence-corrected chi connectivity index (χ2v) is 4.74. The highest BCUT2D eigenvalue weighted by Crippen LogP contribution is 2.60.